The van der Waals surface area contributed by atoms with Crippen molar-refractivity contribution in [3.8, 4) is 17.5 Å². The molecule has 1 aliphatic heterocycles. The second kappa shape index (κ2) is 5.60. The number of fused-ring (bicyclic) bond motifs is 1. The molecule has 2 aromatic heterocycles. The second-order valence-corrected chi connectivity index (χ2v) is 5.25. The summed E-state index contributed by atoms with van der Waals surface area (Å²) in [5.74, 6) is 0.527. The van der Waals surface area contributed by atoms with Crippen LogP contribution in [-0.2, 0) is 19.5 Å². The molecule has 0 aliphatic carbocycles. The van der Waals surface area contributed by atoms with Crippen LogP contribution in [0.1, 0.15) is 30.8 Å². The molecule has 0 bridgehead atoms. The van der Waals surface area contributed by atoms with Crippen LogP contribution >= 0.6 is 0 Å². The maximum atomic E-state index is 12.7. The number of rotatable bonds is 2. The summed E-state index contributed by atoms with van der Waals surface area (Å²) in [5, 5.41) is 12.7. The lowest BCUT2D eigenvalue weighted by molar-refractivity contribution is 0.394. The molecule has 0 aromatic carbocycles. The van der Waals surface area contributed by atoms with E-state index in [2.05, 4.69) is 10.1 Å². The first-order valence-corrected chi connectivity index (χ1v) is 7.17. The Morgan fingerprint density at radius 2 is 2.14 bits per heavy atom. The summed E-state index contributed by atoms with van der Waals surface area (Å²) in [7, 11) is 0. The fourth-order valence-corrected chi connectivity index (χ4v) is 2.81. The van der Waals surface area contributed by atoms with E-state index in [0.29, 0.717) is 24.6 Å². The Morgan fingerprint density at radius 1 is 1.32 bits per heavy atom. The van der Waals surface area contributed by atoms with Gasteiger partial charge in [-0.25, -0.2) is 9.36 Å². The van der Waals surface area contributed by atoms with Gasteiger partial charge < -0.3 is 4.52 Å². The average Bonchev–Trinajstić information content (AvgIpc) is 2.77. The summed E-state index contributed by atoms with van der Waals surface area (Å²) in [6.45, 7) is 1.88. The maximum absolute atomic E-state index is 12.7. The third kappa shape index (κ3) is 2.24. The van der Waals surface area contributed by atoms with E-state index in [-0.39, 0.29) is 17.9 Å². The van der Waals surface area contributed by atoms with Crippen LogP contribution in [0.2, 0.25) is 0 Å². The molecule has 0 atom stereocenters. The highest BCUT2D eigenvalue weighted by atomic mass is 16.5. The number of hydrogen-bond acceptors (Lipinski definition) is 6. The molecular formula is C14H15N5O3. The molecule has 8 nitrogen and oxygen atoms in total. The molecule has 8 heteroatoms. The smallest absolute Gasteiger partial charge is 0.332 e. The molecule has 3 heterocycles. The fourth-order valence-electron chi connectivity index (χ4n) is 2.81. The number of aromatic nitrogens is 4. The summed E-state index contributed by atoms with van der Waals surface area (Å²) >= 11 is 0. The molecule has 0 fully saturated rings. The zero-order valence-corrected chi connectivity index (χ0v) is 12.2. The molecule has 22 heavy (non-hydrogen) atoms. The topological polar surface area (TPSA) is 107 Å². The zero-order chi connectivity index (χ0) is 15.7. The highest BCUT2D eigenvalue weighted by Gasteiger charge is 2.24. The van der Waals surface area contributed by atoms with Crippen molar-refractivity contribution in [3.63, 3.8) is 0 Å². The normalized spacial score (nSPS) is 14.2. The van der Waals surface area contributed by atoms with Crippen LogP contribution in [0.25, 0.3) is 11.4 Å². The molecule has 0 saturated heterocycles. The Morgan fingerprint density at radius 3 is 2.82 bits per heavy atom. The van der Waals surface area contributed by atoms with Gasteiger partial charge in [0.05, 0.1) is 6.07 Å². The molecule has 0 saturated carbocycles. The summed E-state index contributed by atoms with van der Waals surface area (Å²) in [4.78, 5) is 29.2. The van der Waals surface area contributed by atoms with Crippen LogP contribution in [0.4, 0.5) is 0 Å². The number of hydrogen-bond donors (Lipinski definition) is 0. The maximum Gasteiger partial charge on any atom is 0.332 e. The van der Waals surface area contributed by atoms with Gasteiger partial charge in [0.15, 0.2) is 0 Å². The number of aryl methyl sites for hydroxylation is 1. The molecular weight excluding hydrogens is 286 g/mol. The van der Waals surface area contributed by atoms with Crippen LogP contribution < -0.4 is 11.2 Å². The Labute approximate surface area is 125 Å². The lowest BCUT2D eigenvalue weighted by atomic mass is 10.1. The van der Waals surface area contributed by atoms with Crippen LogP contribution in [0.15, 0.2) is 14.1 Å². The van der Waals surface area contributed by atoms with Crippen molar-refractivity contribution in [1.29, 1.82) is 5.26 Å². The molecule has 0 spiro atoms. The highest BCUT2D eigenvalue weighted by Crippen LogP contribution is 2.21. The van der Waals surface area contributed by atoms with E-state index >= 15 is 0 Å². The Bertz CT molecular complexity index is 868. The minimum absolute atomic E-state index is 0.180. The quantitative estimate of drug-likeness (QED) is 0.804. The average molecular weight is 301 g/mol. The molecule has 0 unspecified atom stereocenters. The molecule has 0 N–H and O–H groups in total. The van der Waals surface area contributed by atoms with E-state index in [0.717, 1.165) is 23.8 Å². The highest BCUT2D eigenvalue weighted by molar-refractivity contribution is 5.56. The van der Waals surface area contributed by atoms with Gasteiger partial charge >= 0.3 is 5.69 Å². The first-order valence-electron chi connectivity index (χ1n) is 7.17. The molecule has 2 aromatic rings. The molecule has 0 radical (unpaired) electrons. The van der Waals surface area contributed by atoms with Gasteiger partial charge in [0.2, 0.25) is 11.7 Å². The summed E-state index contributed by atoms with van der Waals surface area (Å²) in [5.41, 5.74) is -0.0518. The largest absolute Gasteiger partial charge is 0.339 e. The van der Waals surface area contributed by atoms with Gasteiger partial charge in [0.25, 0.3) is 5.56 Å². The molecule has 3 rings (SSSR count). The van der Waals surface area contributed by atoms with Crippen LogP contribution in [0.3, 0.4) is 0 Å². The summed E-state index contributed by atoms with van der Waals surface area (Å²) < 4.78 is 7.48. The van der Waals surface area contributed by atoms with Crippen molar-refractivity contribution in [1.82, 2.24) is 19.3 Å². The lowest BCUT2D eigenvalue weighted by Gasteiger charge is -2.14. The van der Waals surface area contributed by atoms with Crippen molar-refractivity contribution >= 4 is 0 Å². The fraction of sp³-hybridized carbons (Fsp3) is 0.500. The summed E-state index contributed by atoms with van der Waals surface area (Å²) in [6, 6.07) is 1.86. The van der Waals surface area contributed by atoms with E-state index in [1.54, 1.807) is 11.5 Å². The first kappa shape index (κ1) is 14.3. The van der Waals surface area contributed by atoms with Crippen molar-refractivity contribution in [2.75, 3.05) is 0 Å². The van der Waals surface area contributed by atoms with Crippen LogP contribution in [0, 0.1) is 18.3 Å². The SMILES string of the molecule is Cc1nc(-c2c3n(c(=O)n(CC#N)c2=O)CCCCC3)no1. The lowest BCUT2D eigenvalue weighted by Crippen LogP contribution is -2.42. The van der Waals surface area contributed by atoms with Gasteiger partial charge in [-0.2, -0.15) is 10.2 Å². The molecule has 1 aliphatic rings. The van der Waals surface area contributed by atoms with Gasteiger partial charge in [0.1, 0.15) is 12.1 Å². The van der Waals surface area contributed by atoms with E-state index in [9.17, 15) is 9.59 Å². The van der Waals surface area contributed by atoms with E-state index < -0.39 is 11.2 Å². The van der Waals surface area contributed by atoms with Crippen molar-refractivity contribution < 1.29 is 4.52 Å². The van der Waals surface area contributed by atoms with Gasteiger partial charge in [-0.3, -0.25) is 9.36 Å². The van der Waals surface area contributed by atoms with Crippen molar-refractivity contribution in [3.05, 3.63) is 32.4 Å². The van der Waals surface area contributed by atoms with E-state index in [4.69, 9.17) is 9.78 Å². The summed E-state index contributed by atoms with van der Waals surface area (Å²) in [6.07, 6.45) is 3.35. The number of nitrogens with zero attached hydrogens (tertiary/aromatic N) is 5. The predicted molar refractivity (Wildman–Crippen MR) is 76.2 cm³/mol. The Kier molecular flexibility index (Phi) is 3.63. The second-order valence-electron chi connectivity index (χ2n) is 5.25. The van der Waals surface area contributed by atoms with Gasteiger partial charge in [-0.05, 0) is 19.3 Å². The number of nitriles is 1. The Balaban J connectivity index is 2.36. The monoisotopic (exact) mass is 301 g/mol. The third-order valence-corrected chi connectivity index (χ3v) is 3.81. The zero-order valence-electron chi connectivity index (χ0n) is 12.2. The van der Waals surface area contributed by atoms with Crippen LogP contribution in [-0.4, -0.2) is 19.3 Å². The minimum atomic E-state index is -0.527. The van der Waals surface area contributed by atoms with Gasteiger partial charge in [-0.1, -0.05) is 11.6 Å². The first-order chi connectivity index (χ1) is 10.6. The van der Waals surface area contributed by atoms with Gasteiger partial charge in [0, 0.05) is 19.2 Å². The van der Waals surface area contributed by atoms with Gasteiger partial charge in [-0.15, -0.1) is 0 Å². The van der Waals surface area contributed by atoms with Crippen molar-refractivity contribution in [2.24, 2.45) is 0 Å². The third-order valence-electron chi connectivity index (χ3n) is 3.81. The van der Waals surface area contributed by atoms with E-state index in [1.165, 1.54) is 0 Å². The van der Waals surface area contributed by atoms with E-state index in [1.807, 2.05) is 6.07 Å². The Hall–Kier alpha value is -2.69. The van der Waals surface area contributed by atoms with Crippen molar-refractivity contribution in [2.45, 2.75) is 45.7 Å². The minimum Gasteiger partial charge on any atom is -0.339 e. The standard InChI is InChI=1S/C14H15N5O3/c1-9-16-12(17-22-9)11-10-5-3-2-4-7-18(10)14(21)19(8-6-15)13(11)20/h2-5,7-8H2,1H3. The predicted octanol–water partition coefficient (Wildman–Crippen LogP) is 0.618. The molecule has 0 amide bonds. The van der Waals surface area contributed by atoms with Crippen LogP contribution in [0.5, 0.6) is 0 Å². The molecule has 114 valence electrons.